The molecule has 12 heteroatoms. The van der Waals surface area contributed by atoms with Gasteiger partial charge in [0.05, 0.1) is 38.0 Å². The molecule has 9 rings (SSSR count). The first-order valence-corrected chi connectivity index (χ1v) is 23.4. The summed E-state index contributed by atoms with van der Waals surface area (Å²) in [5, 5.41) is 56.5. The minimum atomic E-state index is -0.974. The lowest BCUT2D eigenvalue weighted by molar-refractivity contribution is -0.131. The van der Waals surface area contributed by atoms with Crippen LogP contribution in [0.1, 0.15) is 105 Å². The van der Waals surface area contributed by atoms with Gasteiger partial charge in [0.1, 0.15) is 29.0 Å². The lowest BCUT2D eigenvalue weighted by Crippen LogP contribution is -2.56. The maximum atomic E-state index is 11.1. The number of phenolic OH excluding ortho intramolecular Hbond substituents is 2. The Labute approximate surface area is 376 Å². The van der Waals surface area contributed by atoms with Gasteiger partial charge in [-0.2, -0.15) is 0 Å². The van der Waals surface area contributed by atoms with Gasteiger partial charge in [-0.1, -0.05) is 51.0 Å². The molecule has 5 aliphatic rings. The third-order valence-electron chi connectivity index (χ3n) is 14.1. The average molecular weight is 875 g/mol. The van der Waals surface area contributed by atoms with Gasteiger partial charge in [0, 0.05) is 48.9 Å². The molecule has 7 N–H and O–H groups in total. The van der Waals surface area contributed by atoms with E-state index in [0.29, 0.717) is 82.8 Å². The molecule has 64 heavy (non-hydrogen) atoms. The zero-order valence-electron chi connectivity index (χ0n) is 37.8. The van der Waals surface area contributed by atoms with Crippen LogP contribution < -0.4 is 40.7 Å². The molecule has 0 bridgehead atoms. The van der Waals surface area contributed by atoms with E-state index in [1.165, 1.54) is 18.4 Å². The summed E-state index contributed by atoms with van der Waals surface area (Å²) in [7, 11) is 1.55. The SMILES string of the molecule is COc1cc([C@H]2Oc3c(c4c(c5c3CC[C@H](CO)O5)-c3ccc(O)cc3[C@@H](Cc3ccc5c(c3)=CCN=5)C4)C[C@@]2(CNCNC[C@@](C)(O)CC(C)C)OCNC2CCCC2)ccc1O. The van der Waals surface area contributed by atoms with Crippen LogP contribution in [-0.4, -0.2) is 90.5 Å². The number of aliphatic hydroxyl groups is 2. The van der Waals surface area contributed by atoms with Gasteiger partial charge in [-0.15, -0.1) is 0 Å². The molecule has 1 saturated carbocycles. The van der Waals surface area contributed by atoms with Crippen LogP contribution in [0.25, 0.3) is 17.2 Å². The van der Waals surface area contributed by atoms with E-state index in [4.69, 9.17) is 18.9 Å². The minimum Gasteiger partial charge on any atom is -0.508 e. The molecular formula is C52H66N4O8. The highest BCUT2D eigenvalue weighted by molar-refractivity contribution is 5.85. The van der Waals surface area contributed by atoms with Crippen LogP contribution in [0.15, 0.2) is 59.6 Å². The highest BCUT2D eigenvalue weighted by atomic mass is 16.6. The van der Waals surface area contributed by atoms with Gasteiger partial charge in [-0.05, 0) is 133 Å². The van der Waals surface area contributed by atoms with E-state index in [0.717, 1.165) is 80.3 Å². The van der Waals surface area contributed by atoms with Gasteiger partial charge in [-0.25, -0.2) is 0 Å². The summed E-state index contributed by atoms with van der Waals surface area (Å²) in [5.74, 6) is 2.48. The Morgan fingerprint density at radius 1 is 0.953 bits per heavy atom. The van der Waals surface area contributed by atoms with Crippen LogP contribution in [0, 0.1) is 5.92 Å². The molecule has 0 unspecified atom stereocenters. The Morgan fingerprint density at radius 2 is 1.80 bits per heavy atom. The number of aromatic hydroxyl groups is 2. The average Bonchev–Trinajstić information content (AvgIpc) is 3.98. The van der Waals surface area contributed by atoms with Crippen molar-refractivity contribution < 1.29 is 39.4 Å². The number of hydrogen-bond acceptors (Lipinski definition) is 12. The minimum absolute atomic E-state index is 0.0183. The second-order valence-electron chi connectivity index (χ2n) is 19.5. The topological polar surface area (TPSA) is 166 Å². The van der Waals surface area contributed by atoms with Crippen LogP contribution >= 0.6 is 0 Å². The van der Waals surface area contributed by atoms with Gasteiger partial charge in [0.2, 0.25) is 0 Å². The molecule has 3 heterocycles. The second-order valence-corrected chi connectivity index (χ2v) is 19.5. The van der Waals surface area contributed by atoms with E-state index in [9.17, 15) is 20.4 Å². The predicted octanol–water partition coefficient (Wildman–Crippen LogP) is 5.61. The van der Waals surface area contributed by atoms with E-state index < -0.39 is 17.3 Å². The van der Waals surface area contributed by atoms with Crippen molar-refractivity contribution in [3.8, 4) is 39.9 Å². The van der Waals surface area contributed by atoms with E-state index in [1.807, 2.05) is 31.2 Å². The molecule has 0 radical (unpaired) electrons. The first-order chi connectivity index (χ1) is 30.9. The highest BCUT2D eigenvalue weighted by Crippen LogP contribution is 2.57. The molecule has 12 nitrogen and oxygen atoms in total. The van der Waals surface area contributed by atoms with Gasteiger partial charge in [0.15, 0.2) is 17.6 Å². The van der Waals surface area contributed by atoms with Crippen molar-refractivity contribution in [3.63, 3.8) is 0 Å². The number of benzene rings is 4. The lowest BCUT2D eigenvalue weighted by Gasteiger charge is -2.47. The molecule has 0 aromatic heterocycles. The fourth-order valence-corrected chi connectivity index (χ4v) is 11.2. The number of nitrogens with zero attached hydrogens (tertiary/aromatic N) is 1. The first-order valence-electron chi connectivity index (χ1n) is 23.4. The molecule has 3 aliphatic heterocycles. The number of hydrogen-bond donors (Lipinski definition) is 7. The monoisotopic (exact) mass is 874 g/mol. The largest absolute Gasteiger partial charge is 0.508 e. The van der Waals surface area contributed by atoms with E-state index in [-0.39, 0.29) is 30.1 Å². The summed E-state index contributed by atoms with van der Waals surface area (Å²) in [6, 6.07) is 18.0. The van der Waals surface area contributed by atoms with Crippen molar-refractivity contribution in [3.05, 3.63) is 98.6 Å². The number of nitrogens with one attached hydrogen (secondary N) is 3. The van der Waals surface area contributed by atoms with Crippen molar-refractivity contribution in [1.82, 2.24) is 16.0 Å². The Morgan fingerprint density at radius 3 is 2.59 bits per heavy atom. The van der Waals surface area contributed by atoms with E-state index in [1.54, 1.807) is 19.2 Å². The van der Waals surface area contributed by atoms with Crippen molar-refractivity contribution >= 4 is 6.08 Å². The number of phenols is 2. The van der Waals surface area contributed by atoms with Gasteiger partial charge < -0.3 is 50.0 Å². The second kappa shape index (κ2) is 18.7. The Hall–Kier alpha value is -4.69. The normalized spacial score (nSPS) is 23.1. The van der Waals surface area contributed by atoms with Crippen molar-refractivity contribution in [2.24, 2.45) is 10.9 Å². The van der Waals surface area contributed by atoms with Crippen LogP contribution in [0.5, 0.6) is 28.7 Å². The van der Waals surface area contributed by atoms with Crippen LogP contribution in [0.2, 0.25) is 0 Å². The molecule has 4 aromatic rings. The standard InChI is InChI=1S/C52H66N4O8/c1-31(2)24-51(3,60)27-53-29-54-28-52(62-30-56-36-7-5-6-8-36)25-43-42-21-35(20-32-9-15-44-33(19-32)17-18-55-44)41-23-37(58)11-13-39(41)47(42)49-40(14-12-38(26-57)63-49)48(43)64-50(52)34-10-16-45(59)46(22-34)61-4/h9-11,13,15-17,19,22-23,31,35-36,38,50,53-54,56-60H,5-8,12,14,18,20-21,24-30H2,1-4H3/t35-,38+,50+,51-,52-/m0/s1. The van der Waals surface area contributed by atoms with Gasteiger partial charge in [-0.3, -0.25) is 10.3 Å². The Kier molecular flexibility index (Phi) is 13.0. The summed E-state index contributed by atoms with van der Waals surface area (Å²) in [6.45, 7) is 8.26. The van der Waals surface area contributed by atoms with Crippen molar-refractivity contribution in [2.45, 2.75) is 120 Å². The zero-order valence-corrected chi connectivity index (χ0v) is 37.8. The Bertz CT molecular complexity index is 2470. The first kappa shape index (κ1) is 44.5. The van der Waals surface area contributed by atoms with Crippen LogP contribution in [-0.2, 0) is 30.4 Å². The number of ether oxygens (including phenoxy) is 4. The summed E-state index contributed by atoms with van der Waals surface area (Å²) in [4.78, 5) is 4.63. The molecule has 342 valence electrons. The molecule has 4 aromatic carbocycles. The fourth-order valence-electron chi connectivity index (χ4n) is 11.2. The van der Waals surface area contributed by atoms with Crippen LogP contribution in [0.4, 0.5) is 0 Å². The molecule has 5 atom stereocenters. The summed E-state index contributed by atoms with van der Waals surface area (Å²) in [5.41, 5.74) is 6.39. The van der Waals surface area contributed by atoms with Gasteiger partial charge >= 0.3 is 0 Å². The van der Waals surface area contributed by atoms with E-state index in [2.05, 4.69) is 59.1 Å². The number of rotatable bonds is 17. The molecule has 0 amide bonds. The maximum Gasteiger partial charge on any atom is 0.160 e. The third kappa shape index (κ3) is 9.10. The third-order valence-corrected chi connectivity index (χ3v) is 14.1. The fraction of sp³-hybridized carbons (Fsp3) is 0.519. The molecule has 2 aliphatic carbocycles. The lowest BCUT2D eigenvalue weighted by atomic mass is 9.70. The van der Waals surface area contributed by atoms with Crippen molar-refractivity contribution in [2.75, 3.05) is 46.8 Å². The van der Waals surface area contributed by atoms with Gasteiger partial charge in [0.25, 0.3) is 0 Å². The quantitative estimate of drug-likeness (QED) is 0.0521. The highest BCUT2D eigenvalue weighted by Gasteiger charge is 2.50. The van der Waals surface area contributed by atoms with Crippen molar-refractivity contribution in [1.29, 1.82) is 0 Å². The summed E-state index contributed by atoms with van der Waals surface area (Å²) >= 11 is 0. The summed E-state index contributed by atoms with van der Waals surface area (Å²) < 4.78 is 27.3. The summed E-state index contributed by atoms with van der Waals surface area (Å²) in [6.07, 6.45) is 9.61. The zero-order chi connectivity index (χ0) is 44.6. The maximum absolute atomic E-state index is 11.1. The predicted molar refractivity (Wildman–Crippen MR) is 247 cm³/mol. The van der Waals surface area contributed by atoms with E-state index >= 15 is 0 Å². The smallest absolute Gasteiger partial charge is 0.160 e. The molecule has 0 saturated heterocycles. The van der Waals surface area contributed by atoms with Crippen LogP contribution in [0.3, 0.4) is 0 Å². The number of aliphatic hydroxyl groups excluding tert-OH is 1. The number of methoxy groups -OCH3 is 1. The number of fused-ring (bicyclic) bond motifs is 9. The Balaban J connectivity index is 1.17. The molecular weight excluding hydrogens is 809 g/mol. The molecule has 0 spiro atoms. The molecule has 1 fully saturated rings.